The van der Waals surface area contributed by atoms with Crippen LogP contribution in [0.2, 0.25) is 0 Å². The van der Waals surface area contributed by atoms with Crippen LogP contribution in [0.3, 0.4) is 0 Å². The van der Waals surface area contributed by atoms with E-state index in [1.54, 1.807) is 25.0 Å². The number of benzene rings is 1. The SMILES string of the molecule is CCCCN1C(=O)[C@@H](O)[C@H](C(=O)OCC)[C@H]1c1ccccc1OC. The van der Waals surface area contributed by atoms with Crippen LogP contribution in [0.15, 0.2) is 24.3 Å². The summed E-state index contributed by atoms with van der Waals surface area (Å²) in [5, 5.41) is 10.4. The van der Waals surface area contributed by atoms with Crippen molar-refractivity contribution in [2.45, 2.75) is 38.8 Å². The molecule has 1 aromatic carbocycles. The summed E-state index contributed by atoms with van der Waals surface area (Å²) in [5.74, 6) is -1.36. The van der Waals surface area contributed by atoms with Gasteiger partial charge in [0.2, 0.25) is 0 Å². The molecule has 6 nitrogen and oxygen atoms in total. The quantitative estimate of drug-likeness (QED) is 0.771. The van der Waals surface area contributed by atoms with E-state index in [-0.39, 0.29) is 6.61 Å². The highest BCUT2D eigenvalue weighted by Crippen LogP contribution is 2.42. The number of rotatable bonds is 7. The minimum absolute atomic E-state index is 0.198. The maximum Gasteiger partial charge on any atom is 0.314 e. The molecule has 1 heterocycles. The van der Waals surface area contributed by atoms with Crippen LogP contribution in [0.5, 0.6) is 5.75 Å². The number of para-hydroxylation sites is 1. The molecule has 0 aromatic heterocycles. The molecule has 1 aromatic rings. The van der Waals surface area contributed by atoms with Crippen molar-refractivity contribution in [1.82, 2.24) is 4.90 Å². The topological polar surface area (TPSA) is 76.1 Å². The second-order valence-electron chi connectivity index (χ2n) is 5.79. The van der Waals surface area contributed by atoms with E-state index in [1.807, 2.05) is 25.1 Å². The van der Waals surface area contributed by atoms with Crippen LogP contribution in [0.4, 0.5) is 0 Å². The molecule has 24 heavy (non-hydrogen) atoms. The van der Waals surface area contributed by atoms with Gasteiger partial charge in [-0.2, -0.15) is 0 Å². The van der Waals surface area contributed by atoms with Crippen molar-refractivity contribution in [2.24, 2.45) is 5.92 Å². The minimum Gasteiger partial charge on any atom is -0.496 e. The van der Waals surface area contributed by atoms with Crippen LogP contribution >= 0.6 is 0 Å². The van der Waals surface area contributed by atoms with E-state index in [0.29, 0.717) is 17.9 Å². The summed E-state index contributed by atoms with van der Waals surface area (Å²) in [6.45, 7) is 4.40. The highest BCUT2D eigenvalue weighted by Gasteiger charge is 2.52. The van der Waals surface area contributed by atoms with Crippen molar-refractivity contribution in [3.8, 4) is 5.75 Å². The van der Waals surface area contributed by atoms with Crippen molar-refractivity contribution in [1.29, 1.82) is 0 Å². The number of hydrogen-bond acceptors (Lipinski definition) is 5. The number of ether oxygens (including phenoxy) is 2. The third-order valence-electron chi connectivity index (χ3n) is 4.32. The fourth-order valence-corrected chi connectivity index (χ4v) is 3.17. The van der Waals surface area contributed by atoms with E-state index in [4.69, 9.17) is 9.47 Å². The Morgan fingerprint density at radius 2 is 2.00 bits per heavy atom. The molecule has 0 aliphatic carbocycles. The average Bonchev–Trinajstić information content (AvgIpc) is 2.84. The largest absolute Gasteiger partial charge is 0.496 e. The number of unbranched alkanes of at least 4 members (excludes halogenated alkanes) is 1. The maximum atomic E-state index is 12.5. The summed E-state index contributed by atoms with van der Waals surface area (Å²) in [6, 6.07) is 6.66. The number of nitrogens with zero attached hydrogens (tertiary/aromatic N) is 1. The van der Waals surface area contributed by atoms with Gasteiger partial charge in [-0.05, 0) is 19.4 Å². The summed E-state index contributed by atoms with van der Waals surface area (Å²) in [6.07, 6.45) is 0.304. The molecule has 2 rings (SSSR count). The second kappa shape index (κ2) is 8.15. The average molecular weight is 335 g/mol. The number of aliphatic hydroxyl groups excluding tert-OH is 1. The van der Waals surface area contributed by atoms with Gasteiger partial charge in [0, 0.05) is 12.1 Å². The van der Waals surface area contributed by atoms with Crippen LogP contribution in [-0.2, 0) is 14.3 Å². The fourth-order valence-electron chi connectivity index (χ4n) is 3.17. The number of likely N-dealkylation sites (tertiary alicyclic amines) is 1. The lowest BCUT2D eigenvalue weighted by Gasteiger charge is -2.28. The number of carbonyl (C=O) groups is 2. The Morgan fingerprint density at radius 3 is 2.62 bits per heavy atom. The van der Waals surface area contributed by atoms with Gasteiger partial charge in [0.25, 0.3) is 5.91 Å². The van der Waals surface area contributed by atoms with Crippen LogP contribution in [0.1, 0.15) is 38.3 Å². The molecular formula is C18H25NO5. The predicted molar refractivity (Wildman–Crippen MR) is 88.5 cm³/mol. The minimum atomic E-state index is -1.39. The molecule has 0 saturated carbocycles. The highest BCUT2D eigenvalue weighted by atomic mass is 16.5. The maximum absolute atomic E-state index is 12.5. The number of hydrogen-bond donors (Lipinski definition) is 1. The molecule has 0 bridgehead atoms. The lowest BCUT2D eigenvalue weighted by molar-refractivity contribution is -0.153. The van der Waals surface area contributed by atoms with Crippen molar-refractivity contribution >= 4 is 11.9 Å². The predicted octanol–water partition coefficient (Wildman–Crippen LogP) is 1.92. The molecule has 3 atom stereocenters. The Morgan fingerprint density at radius 1 is 1.29 bits per heavy atom. The molecule has 1 aliphatic rings. The molecule has 1 fully saturated rings. The van der Waals surface area contributed by atoms with Crippen LogP contribution in [0, 0.1) is 5.92 Å². The Kier molecular flexibility index (Phi) is 6.20. The number of esters is 1. The first-order valence-electron chi connectivity index (χ1n) is 8.34. The molecular weight excluding hydrogens is 310 g/mol. The molecule has 6 heteroatoms. The summed E-state index contributed by atoms with van der Waals surface area (Å²) < 4.78 is 10.5. The van der Waals surface area contributed by atoms with Gasteiger partial charge in [0.1, 0.15) is 17.8 Å². The Balaban J connectivity index is 2.48. The first-order chi connectivity index (χ1) is 11.6. The van der Waals surface area contributed by atoms with Gasteiger partial charge in [0.15, 0.2) is 0 Å². The van der Waals surface area contributed by atoms with E-state index < -0.39 is 29.9 Å². The summed E-state index contributed by atoms with van der Waals surface area (Å²) >= 11 is 0. The van der Waals surface area contributed by atoms with Gasteiger partial charge in [-0.3, -0.25) is 9.59 Å². The summed E-state index contributed by atoms with van der Waals surface area (Å²) in [5.41, 5.74) is 0.707. The van der Waals surface area contributed by atoms with Crippen LogP contribution in [0.25, 0.3) is 0 Å². The first kappa shape index (κ1) is 18.3. The number of amides is 1. The van der Waals surface area contributed by atoms with Gasteiger partial charge < -0.3 is 19.5 Å². The molecule has 1 saturated heterocycles. The van der Waals surface area contributed by atoms with Crippen molar-refractivity contribution < 1.29 is 24.2 Å². The Bertz CT molecular complexity index is 589. The van der Waals surface area contributed by atoms with Gasteiger partial charge in [-0.25, -0.2) is 0 Å². The monoisotopic (exact) mass is 335 g/mol. The van der Waals surface area contributed by atoms with Gasteiger partial charge in [0.05, 0.1) is 19.8 Å². The number of methoxy groups -OCH3 is 1. The Hall–Kier alpha value is -2.08. The Labute approximate surface area is 142 Å². The summed E-state index contributed by atoms with van der Waals surface area (Å²) in [7, 11) is 1.54. The van der Waals surface area contributed by atoms with Gasteiger partial charge >= 0.3 is 5.97 Å². The molecule has 1 N–H and O–H groups in total. The molecule has 1 amide bonds. The van der Waals surface area contributed by atoms with Crippen LogP contribution in [-0.4, -0.2) is 48.2 Å². The zero-order valence-corrected chi connectivity index (χ0v) is 14.4. The molecule has 1 aliphatic heterocycles. The van der Waals surface area contributed by atoms with E-state index in [2.05, 4.69) is 0 Å². The third kappa shape index (κ3) is 3.38. The molecule has 132 valence electrons. The van der Waals surface area contributed by atoms with Crippen molar-refractivity contribution in [2.75, 3.05) is 20.3 Å². The number of aliphatic hydroxyl groups is 1. The molecule has 0 spiro atoms. The second-order valence-corrected chi connectivity index (χ2v) is 5.79. The smallest absolute Gasteiger partial charge is 0.314 e. The lowest BCUT2D eigenvalue weighted by atomic mass is 9.91. The van der Waals surface area contributed by atoms with Crippen LogP contribution < -0.4 is 4.74 Å². The molecule has 0 unspecified atom stereocenters. The van der Waals surface area contributed by atoms with E-state index in [9.17, 15) is 14.7 Å². The highest BCUT2D eigenvalue weighted by molar-refractivity contribution is 5.92. The first-order valence-corrected chi connectivity index (χ1v) is 8.34. The lowest BCUT2D eigenvalue weighted by Crippen LogP contribution is -2.32. The van der Waals surface area contributed by atoms with E-state index in [1.165, 1.54) is 0 Å². The molecule has 0 radical (unpaired) electrons. The van der Waals surface area contributed by atoms with Crippen molar-refractivity contribution in [3.05, 3.63) is 29.8 Å². The standard InChI is InChI=1S/C18H25NO5/c1-4-6-11-19-15(12-9-7-8-10-13(12)23-3)14(16(20)17(19)21)18(22)24-5-2/h7-10,14-16,20H,4-6,11H2,1-3H3/t14-,15-,16+/m1/s1. The van der Waals surface area contributed by atoms with Gasteiger partial charge in [-0.15, -0.1) is 0 Å². The zero-order valence-electron chi connectivity index (χ0n) is 14.4. The van der Waals surface area contributed by atoms with Crippen molar-refractivity contribution in [3.63, 3.8) is 0 Å². The van der Waals surface area contributed by atoms with Gasteiger partial charge in [-0.1, -0.05) is 31.5 Å². The third-order valence-corrected chi connectivity index (χ3v) is 4.32. The summed E-state index contributed by atoms with van der Waals surface area (Å²) in [4.78, 5) is 26.5. The van der Waals surface area contributed by atoms with E-state index in [0.717, 1.165) is 12.8 Å². The normalized spacial score (nSPS) is 23.4. The zero-order chi connectivity index (χ0) is 17.7. The fraction of sp³-hybridized carbons (Fsp3) is 0.556. The number of carbonyl (C=O) groups excluding carboxylic acids is 2. The van der Waals surface area contributed by atoms with E-state index >= 15 is 0 Å².